The number of rotatable bonds is 1. The third kappa shape index (κ3) is 2.56. The SMILES string of the molecule is CC1(C)N=C(c2cc3ccc(F)c(F)c3nn2)c2cccc(Cl)c2C1(C)C. The first-order valence-electron chi connectivity index (χ1n) is 8.64. The molecule has 0 amide bonds. The van der Waals surface area contributed by atoms with Crippen LogP contribution in [0.15, 0.2) is 41.4 Å². The maximum Gasteiger partial charge on any atom is 0.186 e. The van der Waals surface area contributed by atoms with Gasteiger partial charge in [0.1, 0.15) is 11.2 Å². The Hall–Kier alpha value is -2.40. The molecule has 1 aromatic heterocycles. The Bertz CT molecular complexity index is 1120. The molecule has 3 aromatic rings. The highest BCUT2D eigenvalue weighted by Gasteiger charge is 2.45. The van der Waals surface area contributed by atoms with E-state index in [2.05, 4.69) is 24.0 Å². The molecule has 0 atom stereocenters. The highest BCUT2D eigenvalue weighted by atomic mass is 35.5. The van der Waals surface area contributed by atoms with Crippen LogP contribution < -0.4 is 0 Å². The van der Waals surface area contributed by atoms with E-state index in [1.165, 1.54) is 6.07 Å². The van der Waals surface area contributed by atoms with Gasteiger partial charge in [-0.1, -0.05) is 37.6 Å². The summed E-state index contributed by atoms with van der Waals surface area (Å²) < 4.78 is 27.4. The molecule has 138 valence electrons. The minimum absolute atomic E-state index is 0.0962. The number of nitrogens with zero attached hydrogens (tertiary/aromatic N) is 3. The van der Waals surface area contributed by atoms with Crippen LogP contribution in [0.25, 0.3) is 10.9 Å². The molecule has 0 radical (unpaired) electrons. The van der Waals surface area contributed by atoms with Gasteiger partial charge < -0.3 is 0 Å². The van der Waals surface area contributed by atoms with Crippen molar-refractivity contribution >= 4 is 28.2 Å². The van der Waals surface area contributed by atoms with Gasteiger partial charge in [-0.3, -0.25) is 4.99 Å². The number of halogens is 3. The topological polar surface area (TPSA) is 38.1 Å². The van der Waals surface area contributed by atoms with Crippen molar-refractivity contribution in [2.75, 3.05) is 0 Å². The molecule has 2 heterocycles. The summed E-state index contributed by atoms with van der Waals surface area (Å²) >= 11 is 6.56. The summed E-state index contributed by atoms with van der Waals surface area (Å²) in [4.78, 5) is 4.95. The van der Waals surface area contributed by atoms with E-state index in [4.69, 9.17) is 16.6 Å². The normalized spacial score (nSPS) is 17.5. The summed E-state index contributed by atoms with van der Waals surface area (Å²) in [6, 6.07) is 9.95. The molecule has 2 aromatic carbocycles. The molecule has 4 rings (SSSR count). The van der Waals surface area contributed by atoms with E-state index >= 15 is 0 Å². The standard InChI is InChI=1S/C21H18ClF2N3/c1-20(2)16-12(6-5-7-13(16)22)19(25-21(20,3)4)15-10-11-8-9-14(23)17(24)18(11)27-26-15/h5-10H,1-4H3. The lowest BCUT2D eigenvalue weighted by Gasteiger charge is -2.44. The van der Waals surface area contributed by atoms with Crippen LogP contribution >= 0.6 is 11.6 Å². The number of aromatic nitrogens is 2. The highest BCUT2D eigenvalue weighted by Crippen LogP contribution is 2.46. The summed E-state index contributed by atoms with van der Waals surface area (Å²) in [5.74, 6) is -1.94. The molecule has 3 nitrogen and oxygen atoms in total. The van der Waals surface area contributed by atoms with Crippen LogP contribution in [-0.4, -0.2) is 21.4 Å². The van der Waals surface area contributed by atoms with Gasteiger partial charge in [-0.05, 0) is 43.7 Å². The van der Waals surface area contributed by atoms with Crippen LogP contribution in [0.2, 0.25) is 5.02 Å². The van der Waals surface area contributed by atoms with Gasteiger partial charge >= 0.3 is 0 Å². The molecule has 0 saturated heterocycles. The molecule has 0 spiro atoms. The Labute approximate surface area is 161 Å². The molecule has 0 aliphatic carbocycles. The molecule has 1 aliphatic rings. The van der Waals surface area contributed by atoms with E-state index in [0.717, 1.165) is 17.2 Å². The van der Waals surface area contributed by atoms with E-state index in [0.29, 0.717) is 21.8 Å². The summed E-state index contributed by atoms with van der Waals surface area (Å²) in [6.07, 6.45) is 0. The fourth-order valence-corrected chi connectivity index (χ4v) is 3.92. The number of hydrogen-bond acceptors (Lipinski definition) is 3. The van der Waals surface area contributed by atoms with Gasteiger partial charge in [0.2, 0.25) is 0 Å². The molecule has 6 heteroatoms. The first kappa shape index (κ1) is 18.0. The van der Waals surface area contributed by atoms with Crippen molar-refractivity contribution in [2.45, 2.75) is 38.6 Å². The van der Waals surface area contributed by atoms with Crippen molar-refractivity contribution in [1.82, 2.24) is 10.2 Å². The second-order valence-corrected chi connectivity index (χ2v) is 8.24. The smallest absolute Gasteiger partial charge is 0.186 e. The van der Waals surface area contributed by atoms with Crippen molar-refractivity contribution in [2.24, 2.45) is 4.99 Å². The van der Waals surface area contributed by atoms with Crippen molar-refractivity contribution in [3.05, 3.63) is 69.9 Å². The Balaban J connectivity index is 1.99. The van der Waals surface area contributed by atoms with Gasteiger partial charge in [-0.25, -0.2) is 8.78 Å². The Morgan fingerprint density at radius 2 is 1.70 bits per heavy atom. The lowest BCUT2D eigenvalue weighted by atomic mass is 9.66. The zero-order valence-electron chi connectivity index (χ0n) is 15.4. The van der Waals surface area contributed by atoms with E-state index < -0.39 is 17.2 Å². The van der Waals surface area contributed by atoms with Crippen molar-refractivity contribution in [1.29, 1.82) is 0 Å². The van der Waals surface area contributed by atoms with Crippen molar-refractivity contribution in [3.63, 3.8) is 0 Å². The quantitative estimate of drug-likeness (QED) is 0.557. The Kier molecular flexibility index (Phi) is 3.86. The van der Waals surface area contributed by atoms with Crippen LogP contribution in [0.3, 0.4) is 0 Å². The number of hydrogen-bond donors (Lipinski definition) is 0. The van der Waals surface area contributed by atoms with Gasteiger partial charge in [0.25, 0.3) is 0 Å². The number of aliphatic imine (C=N–C) groups is 1. The lowest BCUT2D eigenvalue weighted by molar-refractivity contribution is 0.303. The average molecular weight is 386 g/mol. The lowest BCUT2D eigenvalue weighted by Crippen LogP contribution is -2.46. The fourth-order valence-electron chi connectivity index (χ4n) is 3.51. The minimum Gasteiger partial charge on any atom is -0.275 e. The van der Waals surface area contributed by atoms with E-state index in [1.54, 1.807) is 6.07 Å². The molecule has 0 fully saturated rings. The molecule has 0 bridgehead atoms. The van der Waals surface area contributed by atoms with Gasteiger partial charge in [-0.2, -0.15) is 0 Å². The summed E-state index contributed by atoms with van der Waals surface area (Å²) in [7, 11) is 0. The fraction of sp³-hybridized carbons (Fsp3) is 0.286. The molecule has 27 heavy (non-hydrogen) atoms. The van der Waals surface area contributed by atoms with Crippen LogP contribution in [0.1, 0.15) is 44.5 Å². The minimum atomic E-state index is -0.998. The van der Waals surface area contributed by atoms with Gasteiger partial charge in [0, 0.05) is 21.4 Å². The maximum absolute atomic E-state index is 14.0. The third-order valence-corrected chi connectivity index (χ3v) is 6.02. The largest absolute Gasteiger partial charge is 0.275 e. The maximum atomic E-state index is 14.0. The van der Waals surface area contributed by atoms with Crippen molar-refractivity contribution < 1.29 is 8.78 Å². The molecule has 0 saturated carbocycles. The predicted molar refractivity (Wildman–Crippen MR) is 104 cm³/mol. The molecule has 0 unspecified atom stereocenters. The molecule has 1 aliphatic heterocycles. The zero-order chi connectivity index (χ0) is 19.6. The molecular weight excluding hydrogens is 368 g/mol. The van der Waals surface area contributed by atoms with Crippen LogP contribution in [0.5, 0.6) is 0 Å². The summed E-state index contributed by atoms with van der Waals surface area (Å²) in [5.41, 5.74) is 2.17. The second kappa shape index (κ2) is 5.80. The summed E-state index contributed by atoms with van der Waals surface area (Å²) in [6.45, 7) is 8.32. The monoisotopic (exact) mass is 385 g/mol. The first-order valence-corrected chi connectivity index (χ1v) is 9.02. The predicted octanol–water partition coefficient (Wildman–Crippen LogP) is 5.47. The van der Waals surface area contributed by atoms with Gasteiger partial charge in [0.15, 0.2) is 11.6 Å². The van der Waals surface area contributed by atoms with E-state index in [1.807, 2.05) is 32.0 Å². The average Bonchev–Trinajstić information content (AvgIpc) is 2.61. The molecular formula is C21H18ClF2N3. The first-order chi connectivity index (χ1) is 12.6. The van der Waals surface area contributed by atoms with E-state index in [-0.39, 0.29) is 10.9 Å². The zero-order valence-corrected chi connectivity index (χ0v) is 16.2. The highest BCUT2D eigenvalue weighted by molar-refractivity contribution is 6.32. The Morgan fingerprint density at radius 1 is 0.963 bits per heavy atom. The van der Waals surface area contributed by atoms with Crippen LogP contribution in [-0.2, 0) is 5.41 Å². The second-order valence-electron chi connectivity index (χ2n) is 7.84. The summed E-state index contributed by atoms with van der Waals surface area (Å²) in [5, 5.41) is 9.19. The Morgan fingerprint density at radius 3 is 2.44 bits per heavy atom. The number of benzene rings is 2. The van der Waals surface area contributed by atoms with Crippen LogP contribution in [0.4, 0.5) is 8.78 Å². The molecule has 0 N–H and O–H groups in total. The van der Waals surface area contributed by atoms with Crippen molar-refractivity contribution in [3.8, 4) is 0 Å². The van der Waals surface area contributed by atoms with E-state index in [9.17, 15) is 8.78 Å². The van der Waals surface area contributed by atoms with Gasteiger partial charge in [-0.15, -0.1) is 10.2 Å². The number of fused-ring (bicyclic) bond motifs is 2. The van der Waals surface area contributed by atoms with Gasteiger partial charge in [0.05, 0.1) is 11.3 Å². The van der Waals surface area contributed by atoms with Crippen LogP contribution in [0, 0.1) is 11.6 Å². The third-order valence-electron chi connectivity index (χ3n) is 5.71.